The van der Waals surface area contributed by atoms with Crippen molar-refractivity contribution in [3.63, 3.8) is 0 Å². The quantitative estimate of drug-likeness (QED) is 0.815. The van der Waals surface area contributed by atoms with Crippen LogP contribution in [0.3, 0.4) is 0 Å². The molecule has 27 heavy (non-hydrogen) atoms. The predicted octanol–water partition coefficient (Wildman–Crippen LogP) is 1.17. The maximum atomic E-state index is 13.5. The molecule has 0 unspecified atom stereocenters. The fourth-order valence-electron chi connectivity index (χ4n) is 4.12. The lowest BCUT2D eigenvalue weighted by Crippen LogP contribution is -2.69. The third-order valence-corrected chi connectivity index (χ3v) is 5.75. The van der Waals surface area contributed by atoms with Crippen LogP contribution < -0.4 is 10.2 Å². The first-order valence-electron chi connectivity index (χ1n) is 9.30. The van der Waals surface area contributed by atoms with Gasteiger partial charge in [-0.3, -0.25) is 4.79 Å². The number of hydrogen-bond donors (Lipinski definition) is 2. The van der Waals surface area contributed by atoms with Crippen LogP contribution in [0.15, 0.2) is 12.1 Å². The molecule has 0 aliphatic carbocycles. The second-order valence-corrected chi connectivity index (χ2v) is 7.69. The predicted molar refractivity (Wildman–Crippen MR) is 98.1 cm³/mol. The van der Waals surface area contributed by atoms with Gasteiger partial charge in [0.2, 0.25) is 5.91 Å². The molecule has 1 spiro atoms. The van der Waals surface area contributed by atoms with Crippen LogP contribution in [-0.2, 0) is 14.3 Å². The van der Waals surface area contributed by atoms with Crippen LogP contribution in [0.2, 0.25) is 0 Å². The number of aliphatic hydroxyl groups is 1. The minimum absolute atomic E-state index is 0.0421. The van der Waals surface area contributed by atoms with Crippen LogP contribution >= 0.6 is 0 Å². The highest BCUT2D eigenvalue weighted by Crippen LogP contribution is 2.40. The Morgan fingerprint density at radius 1 is 1.44 bits per heavy atom. The van der Waals surface area contributed by atoms with Gasteiger partial charge >= 0.3 is 0 Å². The first kappa shape index (κ1) is 20.0. The second-order valence-electron chi connectivity index (χ2n) is 7.69. The summed E-state index contributed by atoms with van der Waals surface area (Å²) in [6.07, 6.45) is 0.905. The van der Waals surface area contributed by atoms with Gasteiger partial charge in [-0.2, -0.15) is 0 Å². The van der Waals surface area contributed by atoms with Crippen molar-refractivity contribution in [2.24, 2.45) is 0 Å². The SMILES string of the molecule is COCC(=O)N[C@]1(C)CCOC2(CCN(c3ccc(F)c(C)n3)CC2)[C@H]1O. The van der Waals surface area contributed by atoms with Gasteiger partial charge in [0.15, 0.2) is 0 Å². The molecule has 0 aromatic carbocycles. The van der Waals surface area contributed by atoms with E-state index >= 15 is 0 Å². The zero-order valence-electron chi connectivity index (χ0n) is 16.1. The van der Waals surface area contributed by atoms with Crippen molar-refractivity contribution in [3.05, 3.63) is 23.6 Å². The summed E-state index contributed by atoms with van der Waals surface area (Å²) in [5, 5.41) is 14.0. The smallest absolute Gasteiger partial charge is 0.246 e. The number of piperidine rings is 1. The Bertz CT molecular complexity index is 694. The van der Waals surface area contributed by atoms with Gasteiger partial charge in [-0.1, -0.05) is 0 Å². The Kier molecular flexibility index (Phi) is 5.69. The topological polar surface area (TPSA) is 83.9 Å². The van der Waals surface area contributed by atoms with E-state index in [4.69, 9.17) is 9.47 Å². The van der Waals surface area contributed by atoms with Crippen LogP contribution in [0.4, 0.5) is 10.2 Å². The molecule has 3 heterocycles. The molecule has 2 N–H and O–H groups in total. The molecule has 1 aromatic heterocycles. The van der Waals surface area contributed by atoms with E-state index in [9.17, 15) is 14.3 Å². The molecule has 1 aromatic rings. The molecule has 3 rings (SSSR count). The van der Waals surface area contributed by atoms with Gasteiger partial charge in [-0.05, 0) is 45.2 Å². The number of carbonyl (C=O) groups is 1. The molecule has 2 atom stereocenters. The van der Waals surface area contributed by atoms with Crippen molar-refractivity contribution >= 4 is 11.7 Å². The molecule has 0 saturated carbocycles. The van der Waals surface area contributed by atoms with Crippen LogP contribution in [0.25, 0.3) is 0 Å². The normalized spacial score (nSPS) is 27.6. The molecule has 8 heteroatoms. The van der Waals surface area contributed by atoms with Crippen LogP contribution in [0.5, 0.6) is 0 Å². The number of ether oxygens (including phenoxy) is 2. The minimum atomic E-state index is -0.829. The van der Waals surface area contributed by atoms with E-state index in [2.05, 4.69) is 15.2 Å². The molecule has 2 aliphatic heterocycles. The maximum Gasteiger partial charge on any atom is 0.246 e. The summed E-state index contributed by atoms with van der Waals surface area (Å²) in [5.74, 6) is 0.158. The highest BCUT2D eigenvalue weighted by atomic mass is 19.1. The third kappa shape index (κ3) is 3.93. The number of amides is 1. The first-order chi connectivity index (χ1) is 12.8. The Labute approximate surface area is 158 Å². The number of carbonyl (C=O) groups excluding carboxylic acids is 1. The molecular weight excluding hydrogens is 353 g/mol. The summed E-state index contributed by atoms with van der Waals surface area (Å²) in [4.78, 5) is 18.4. The number of nitrogens with zero attached hydrogens (tertiary/aromatic N) is 2. The average Bonchev–Trinajstić information content (AvgIpc) is 2.63. The van der Waals surface area contributed by atoms with Crippen LogP contribution in [0.1, 0.15) is 31.9 Å². The van der Waals surface area contributed by atoms with Crippen LogP contribution in [0, 0.1) is 12.7 Å². The molecule has 0 radical (unpaired) electrons. The molecule has 0 bridgehead atoms. The maximum absolute atomic E-state index is 13.5. The number of anilines is 1. The van der Waals surface area contributed by atoms with Crippen molar-refractivity contribution < 1.29 is 23.8 Å². The number of halogens is 1. The molecule has 7 nitrogen and oxygen atoms in total. The highest BCUT2D eigenvalue weighted by Gasteiger charge is 2.53. The fourth-order valence-corrected chi connectivity index (χ4v) is 4.12. The Balaban J connectivity index is 1.70. The van der Waals surface area contributed by atoms with E-state index in [0.29, 0.717) is 44.7 Å². The van der Waals surface area contributed by atoms with E-state index in [1.807, 2.05) is 6.92 Å². The number of aliphatic hydroxyl groups excluding tert-OH is 1. The van der Waals surface area contributed by atoms with Gasteiger partial charge in [0.05, 0.1) is 16.8 Å². The Morgan fingerprint density at radius 2 is 2.15 bits per heavy atom. The van der Waals surface area contributed by atoms with E-state index in [1.54, 1.807) is 13.0 Å². The second kappa shape index (κ2) is 7.69. The van der Waals surface area contributed by atoms with Gasteiger partial charge in [0.1, 0.15) is 24.3 Å². The third-order valence-electron chi connectivity index (χ3n) is 5.75. The average molecular weight is 381 g/mol. The lowest BCUT2D eigenvalue weighted by Gasteiger charge is -2.53. The number of aryl methyl sites for hydroxylation is 1. The Morgan fingerprint density at radius 3 is 2.78 bits per heavy atom. The molecule has 150 valence electrons. The van der Waals surface area contributed by atoms with Crippen molar-refractivity contribution in [2.75, 3.05) is 38.3 Å². The zero-order valence-corrected chi connectivity index (χ0v) is 16.1. The Hall–Kier alpha value is -1.77. The number of pyridine rings is 1. The summed E-state index contributed by atoms with van der Waals surface area (Å²) in [6, 6.07) is 3.10. The van der Waals surface area contributed by atoms with E-state index in [0.717, 1.165) is 5.82 Å². The standard InChI is InChI=1S/C19H28FN3O4/c1-13-14(20)4-5-15(21-13)23-9-6-19(7-10-23)17(25)18(2,8-11-27-19)22-16(24)12-26-3/h4-5,17,25H,6-12H2,1-3H3,(H,22,24)/t17-,18+/m0/s1. The number of methoxy groups -OCH3 is 1. The van der Waals surface area contributed by atoms with Gasteiger partial charge in [0, 0.05) is 26.8 Å². The van der Waals surface area contributed by atoms with Crippen LogP contribution in [-0.4, -0.2) is 66.7 Å². The molecule has 2 fully saturated rings. The fraction of sp³-hybridized carbons (Fsp3) is 0.684. The summed E-state index contributed by atoms with van der Waals surface area (Å²) in [7, 11) is 1.46. The van der Waals surface area contributed by atoms with Crippen molar-refractivity contribution in [1.29, 1.82) is 0 Å². The molecule has 1 amide bonds. The summed E-state index contributed by atoms with van der Waals surface area (Å²) >= 11 is 0. The molecule has 2 saturated heterocycles. The van der Waals surface area contributed by atoms with Gasteiger partial charge in [-0.15, -0.1) is 0 Å². The van der Waals surface area contributed by atoms with E-state index in [-0.39, 0.29) is 18.3 Å². The number of rotatable bonds is 4. The molecule has 2 aliphatic rings. The summed E-state index contributed by atoms with van der Waals surface area (Å²) in [6.45, 7) is 5.20. The number of hydrogen-bond acceptors (Lipinski definition) is 6. The van der Waals surface area contributed by atoms with E-state index in [1.165, 1.54) is 13.2 Å². The van der Waals surface area contributed by atoms with Gasteiger partial charge in [0.25, 0.3) is 0 Å². The van der Waals surface area contributed by atoms with Gasteiger partial charge in [-0.25, -0.2) is 9.37 Å². The lowest BCUT2D eigenvalue weighted by molar-refractivity contribution is -0.198. The van der Waals surface area contributed by atoms with Crippen molar-refractivity contribution in [2.45, 2.75) is 50.4 Å². The lowest BCUT2D eigenvalue weighted by atomic mass is 9.73. The zero-order chi connectivity index (χ0) is 19.7. The van der Waals surface area contributed by atoms with Crippen molar-refractivity contribution in [3.8, 4) is 0 Å². The highest BCUT2D eigenvalue weighted by molar-refractivity contribution is 5.78. The number of nitrogens with one attached hydrogen (secondary N) is 1. The summed E-state index contributed by atoms with van der Waals surface area (Å²) < 4.78 is 24.4. The van der Waals surface area contributed by atoms with Crippen molar-refractivity contribution in [1.82, 2.24) is 10.3 Å². The summed E-state index contributed by atoms with van der Waals surface area (Å²) in [5.41, 5.74) is -1.10. The van der Waals surface area contributed by atoms with Gasteiger partial charge < -0.3 is 24.8 Å². The minimum Gasteiger partial charge on any atom is -0.388 e. The van der Waals surface area contributed by atoms with E-state index < -0.39 is 17.2 Å². The number of aromatic nitrogens is 1. The monoisotopic (exact) mass is 381 g/mol. The first-order valence-corrected chi connectivity index (χ1v) is 9.30. The largest absolute Gasteiger partial charge is 0.388 e. The molecular formula is C19H28FN3O4.